The van der Waals surface area contributed by atoms with Crippen LogP contribution in [-0.2, 0) is 6.42 Å². The quantitative estimate of drug-likeness (QED) is 0.731. The van der Waals surface area contributed by atoms with E-state index in [0.29, 0.717) is 23.7 Å². The van der Waals surface area contributed by atoms with Gasteiger partial charge < -0.3 is 14.7 Å². The minimum atomic E-state index is -0.205. The Morgan fingerprint density at radius 2 is 2.07 bits per heavy atom. The van der Waals surface area contributed by atoms with Gasteiger partial charge in [0, 0.05) is 12.0 Å². The molecule has 78 valence electrons. The molecule has 1 heterocycles. The molecule has 5 heteroatoms. The topological polar surface area (TPSA) is 79.4 Å². The molecule has 2 aromatic rings. The van der Waals surface area contributed by atoms with E-state index in [9.17, 15) is 5.11 Å². The fourth-order valence-corrected chi connectivity index (χ4v) is 1.17. The van der Waals surface area contributed by atoms with E-state index in [4.69, 9.17) is 9.63 Å². The largest absolute Gasteiger partial charge is 0.504 e. The van der Waals surface area contributed by atoms with Crippen LogP contribution in [0.15, 0.2) is 22.7 Å². The van der Waals surface area contributed by atoms with E-state index in [1.54, 1.807) is 6.07 Å². The summed E-state index contributed by atoms with van der Waals surface area (Å²) in [5.74, 6) is 0.567. The molecule has 0 unspecified atom stereocenters. The van der Waals surface area contributed by atoms with Crippen LogP contribution in [0.25, 0.3) is 11.5 Å². The summed E-state index contributed by atoms with van der Waals surface area (Å²) in [5.41, 5.74) is 0.581. The average Bonchev–Trinajstić information content (AvgIpc) is 2.70. The first-order chi connectivity index (χ1) is 7.20. The van der Waals surface area contributed by atoms with Crippen molar-refractivity contribution in [3.63, 3.8) is 0 Å². The zero-order chi connectivity index (χ0) is 10.8. The second kappa shape index (κ2) is 3.61. The highest BCUT2D eigenvalue weighted by Gasteiger charge is 2.09. The first kappa shape index (κ1) is 9.51. The maximum absolute atomic E-state index is 9.29. The molecule has 15 heavy (non-hydrogen) atoms. The van der Waals surface area contributed by atoms with Crippen LogP contribution in [0.4, 0.5) is 0 Å². The molecule has 0 fully saturated rings. The number of aromatic hydroxyl groups is 2. The van der Waals surface area contributed by atoms with Crippen LogP contribution in [0.5, 0.6) is 11.5 Å². The lowest BCUT2D eigenvalue weighted by molar-refractivity contribution is 0.402. The standard InChI is InChI=1S/C10H10N2O3/c1-2-9-11-10(15-12-9)6-3-4-7(13)8(14)5-6/h3-5,13-14H,2H2,1H3. The van der Waals surface area contributed by atoms with Crippen LogP contribution in [0.1, 0.15) is 12.7 Å². The number of aromatic nitrogens is 2. The molecular weight excluding hydrogens is 196 g/mol. The Morgan fingerprint density at radius 1 is 1.27 bits per heavy atom. The predicted octanol–water partition coefficient (Wildman–Crippen LogP) is 1.71. The second-order valence-electron chi connectivity index (χ2n) is 3.07. The Morgan fingerprint density at radius 3 is 2.67 bits per heavy atom. The van der Waals surface area contributed by atoms with Gasteiger partial charge in [-0.2, -0.15) is 4.98 Å². The Bertz CT molecular complexity index is 479. The lowest BCUT2D eigenvalue weighted by atomic mass is 10.2. The smallest absolute Gasteiger partial charge is 0.258 e. The Labute approximate surface area is 86.0 Å². The van der Waals surface area contributed by atoms with Gasteiger partial charge in [0.25, 0.3) is 5.89 Å². The SMILES string of the molecule is CCc1noc(-c2ccc(O)c(O)c2)n1. The Kier molecular flexibility index (Phi) is 2.29. The molecule has 0 spiro atoms. The first-order valence-corrected chi connectivity index (χ1v) is 4.55. The van der Waals surface area contributed by atoms with Crippen molar-refractivity contribution in [3.8, 4) is 23.0 Å². The normalized spacial score (nSPS) is 10.5. The van der Waals surface area contributed by atoms with Gasteiger partial charge in [0.2, 0.25) is 0 Å². The van der Waals surface area contributed by atoms with Gasteiger partial charge in [0.1, 0.15) is 0 Å². The summed E-state index contributed by atoms with van der Waals surface area (Å²) < 4.78 is 4.98. The van der Waals surface area contributed by atoms with Gasteiger partial charge in [-0.1, -0.05) is 12.1 Å². The Balaban J connectivity index is 2.40. The van der Waals surface area contributed by atoms with Crippen LogP contribution >= 0.6 is 0 Å². The van der Waals surface area contributed by atoms with Crippen molar-refractivity contribution in [2.75, 3.05) is 0 Å². The highest BCUT2D eigenvalue weighted by molar-refractivity contribution is 5.58. The summed E-state index contributed by atoms with van der Waals surface area (Å²) in [6, 6.07) is 4.35. The predicted molar refractivity (Wildman–Crippen MR) is 52.4 cm³/mol. The van der Waals surface area contributed by atoms with E-state index < -0.39 is 0 Å². The van der Waals surface area contributed by atoms with Crippen LogP contribution in [0, 0.1) is 0 Å². The molecule has 0 aliphatic heterocycles. The van der Waals surface area contributed by atoms with E-state index in [1.807, 2.05) is 6.92 Å². The van der Waals surface area contributed by atoms with Gasteiger partial charge in [-0.25, -0.2) is 0 Å². The van der Waals surface area contributed by atoms with Crippen molar-refractivity contribution < 1.29 is 14.7 Å². The number of hydrogen-bond donors (Lipinski definition) is 2. The number of nitrogens with zero attached hydrogens (tertiary/aromatic N) is 2. The summed E-state index contributed by atoms with van der Waals surface area (Å²) in [6.45, 7) is 1.92. The van der Waals surface area contributed by atoms with Gasteiger partial charge >= 0.3 is 0 Å². The summed E-state index contributed by atoms with van der Waals surface area (Å²) in [4.78, 5) is 4.10. The lowest BCUT2D eigenvalue weighted by Crippen LogP contribution is -1.82. The number of benzene rings is 1. The van der Waals surface area contributed by atoms with Gasteiger partial charge in [-0.15, -0.1) is 0 Å². The molecule has 0 aliphatic rings. The molecule has 1 aromatic heterocycles. The van der Waals surface area contributed by atoms with E-state index in [0.717, 1.165) is 0 Å². The van der Waals surface area contributed by atoms with Gasteiger partial charge in [0.05, 0.1) is 0 Å². The fraction of sp³-hybridized carbons (Fsp3) is 0.200. The van der Waals surface area contributed by atoms with E-state index in [-0.39, 0.29) is 11.5 Å². The van der Waals surface area contributed by atoms with Crippen molar-refractivity contribution in [2.45, 2.75) is 13.3 Å². The third-order valence-corrected chi connectivity index (χ3v) is 2.01. The number of rotatable bonds is 2. The minimum Gasteiger partial charge on any atom is -0.504 e. The Hall–Kier alpha value is -2.04. The molecule has 0 amide bonds. The first-order valence-electron chi connectivity index (χ1n) is 4.55. The summed E-state index contributed by atoms with van der Waals surface area (Å²) in [5, 5.41) is 22.1. The van der Waals surface area contributed by atoms with Gasteiger partial charge in [-0.05, 0) is 18.2 Å². The van der Waals surface area contributed by atoms with Crippen LogP contribution in [0.3, 0.4) is 0 Å². The van der Waals surface area contributed by atoms with Crippen LogP contribution in [-0.4, -0.2) is 20.4 Å². The van der Waals surface area contributed by atoms with Crippen molar-refractivity contribution in [2.24, 2.45) is 0 Å². The maximum Gasteiger partial charge on any atom is 0.258 e. The van der Waals surface area contributed by atoms with Crippen LogP contribution < -0.4 is 0 Å². The minimum absolute atomic E-state index is 0.172. The summed E-state index contributed by atoms with van der Waals surface area (Å²) in [7, 11) is 0. The zero-order valence-corrected chi connectivity index (χ0v) is 8.14. The van der Waals surface area contributed by atoms with E-state index >= 15 is 0 Å². The zero-order valence-electron chi connectivity index (χ0n) is 8.14. The molecule has 0 saturated carbocycles. The number of phenolic OH excluding ortho intramolecular Hbond substituents is 2. The van der Waals surface area contributed by atoms with Gasteiger partial charge in [0.15, 0.2) is 17.3 Å². The molecule has 1 aromatic carbocycles. The van der Waals surface area contributed by atoms with E-state index in [1.165, 1.54) is 12.1 Å². The number of hydrogen-bond acceptors (Lipinski definition) is 5. The van der Waals surface area contributed by atoms with Crippen molar-refractivity contribution >= 4 is 0 Å². The molecule has 0 aliphatic carbocycles. The molecule has 0 saturated heterocycles. The molecule has 0 bridgehead atoms. The summed E-state index contributed by atoms with van der Waals surface area (Å²) >= 11 is 0. The molecular formula is C10H10N2O3. The molecule has 0 radical (unpaired) electrons. The van der Waals surface area contributed by atoms with Crippen LogP contribution in [0.2, 0.25) is 0 Å². The summed E-state index contributed by atoms with van der Waals surface area (Å²) in [6.07, 6.45) is 0.688. The van der Waals surface area contributed by atoms with Crippen molar-refractivity contribution in [1.82, 2.24) is 10.1 Å². The highest BCUT2D eigenvalue weighted by atomic mass is 16.5. The highest BCUT2D eigenvalue weighted by Crippen LogP contribution is 2.29. The van der Waals surface area contributed by atoms with Gasteiger partial charge in [-0.3, -0.25) is 0 Å². The third-order valence-electron chi connectivity index (χ3n) is 2.01. The average molecular weight is 206 g/mol. The lowest BCUT2D eigenvalue weighted by Gasteiger charge is -1.98. The van der Waals surface area contributed by atoms with Crippen molar-refractivity contribution in [3.05, 3.63) is 24.0 Å². The number of phenols is 2. The third kappa shape index (κ3) is 1.76. The van der Waals surface area contributed by atoms with Crippen molar-refractivity contribution in [1.29, 1.82) is 0 Å². The molecule has 0 atom stereocenters. The maximum atomic E-state index is 9.29. The molecule has 5 nitrogen and oxygen atoms in total. The molecule has 2 N–H and O–H groups in total. The fourth-order valence-electron chi connectivity index (χ4n) is 1.17. The number of aryl methyl sites for hydroxylation is 1. The van der Waals surface area contributed by atoms with E-state index in [2.05, 4.69) is 10.1 Å². The monoisotopic (exact) mass is 206 g/mol. The second-order valence-corrected chi connectivity index (χ2v) is 3.07. The molecule has 2 rings (SSSR count).